The molecule has 0 amide bonds. The number of nitrogens with one attached hydrogen (secondary N) is 1. The third kappa shape index (κ3) is 4.97. The Kier molecular flexibility index (Phi) is 6.00. The van der Waals surface area contributed by atoms with Gasteiger partial charge in [0.1, 0.15) is 0 Å². The standard InChI is InChI=1S/C12H20N2/c1-2-3-4-8-13-9-5-12-6-10-14-11-7-12/h6-7,10-11,13H,2-5,8-9H2,1H3. The molecule has 0 spiro atoms. The van der Waals surface area contributed by atoms with E-state index in [9.17, 15) is 0 Å². The van der Waals surface area contributed by atoms with E-state index in [-0.39, 0.29) is 0 Å². The van der Waals surface area contributed by atoms with Crippen molar-refractivity contribution in [1.82, 2.24) is 10.3 Å². The fourth-order valence-electron chi connectivity index (χ4n) is 1.41. The number of pyridine rings is 1. The lowest BCUT2D eigenvalue weighted by Crippen LogP contribution is -2.18. The SMILES string of the molecule is CCCCCNCCc1ccncc1. The van der Waals surface area contributed by atoms with Gasteiger partial charge in [-0.05, 0) is 43.6 Å². The summed E-state index contributed by atoms with van der Waals surface area (Å²) in [6.45, 7) is 4.46. The van der Waals surface area contributed by atoms with Crippen LogP contribution in [0.3, 0.4) is 0 Å². The fraction of sp³-hybridized carbons (Fsp3) is 0.583. The van der Waals surface area contributed by atoms with Gasteiger partial charge in [0, 0.05) is 12.4 Å². The van der Waals surface area contributed by atoms with Crippen molar-refractivity contribution in [2.75, 3.05) is 13.1 Å². The second kappa shape index (κ2) is 7.51. The van der Waals surface area contributed by atoms with Crippen LogP contribution < -0.4 is 5.32 Å². The van der Waals surface area contributed by atoms with Gasteiger partial charge in [-0.15, -0.1) is 0 Å². The van der Waals surface area contributed by atoms with E-state index in [2.05, 4.69) is 29.4 Å². The van der Waals surface area contributed by atoms with Crippen LogP contribution in [0.25, 0.3) is 0 Å². The molecule has 0 aliphatic rings. The molecular weight excluding hydrogens is 172 g/mol. The number of hydrogen-bond acceptors (Lipinski definition) is 2. The minimum atomic E-state index is 1.08. The topological polar surface area (TPSA) is 24.9 Å². The zero-order valence-electron chi connectivity index (χ0n) is 9.00. The predicted molar refractivity (Wildman–Crippen MR) is 60.3 cm³/mol. The first-order valence-electron chi connectivity index (χ1n) is 5.53. The summed E-state index contributed by atoms with van der Waals surface area (Å²) in [4.78, 5) is 3.99. The molecule has 2 heteroatoms. The third-order valence-electron chi connectivity index (χ3n) is 2.30. The lowest BCUT2D eigenvalue weighted by atomic mass is 10.2. The maximum absolute atomic E-state index is 3.99. The molecule has 78 valence electrons. The molecule has 0 radical (unpaired) electrons. The average molecular weight is 192 g/mol. The van der Waals surface area contributed by atoms with Gasteiger partial charge in [0.25, 0.3) is 0 Å². The van der Waals surface area contributed by atoms with Crippen molar-refractivity contribution >= 4 is 0 Å². The molecule has 14 heavy (non-hydrogen) atoms. The Morgan fingerprint density at radius 1 is 1.14 bits per heavy atom. The number of hydrogen-bond donors (Lipinski definition) is 1. The van der Waals surface area contributed by atoms with Crippen molar-refractivity contribution in [2.45, 2.75) is 32.6 Å². The minimum absolute atomic E-state index is 1.08. The summed E-state index contributed by atoms with van der Waals surface area (Å²) in [5.74, 6) is 0. The predicted octanol–water partition coefficient (Wildman–Crippen LogP) is 2.40. The van der Waals surface area contributed by atoms with E-state index < -0.39 is 0 Å². The van der Waals surface area contributed by atoms with Crippen LogP contribution in [0.2, 0.25) is 0 Å². The zero-order chi connectivity index (χ0) is 10.1. The fourth-order valence-corrected chi connectivity index (χ4v) is 1.41. The van der Waals surface area contributed by atoms with Crippen LogP contribution in [-0.4, -0.2) is 18.1 Å². The number of rotatable bonds is 7. The Hall–Kier alpha value is -0.890. The lowest BCUT2D eigenvalue weighted by Gasteiger charge is -2.03. The smallest absolute Gasteiger partial charge is 0.0270 e. The van der Waals surface area contributed by atoms with Gasteiger partial charge in [-0.3, -0.25) is 4.98 Å². The molecule has 0 aliphatic carbocycles. The summed E-state index contributed by atoms with van der Waals surface area (Å²) in [7, 11) is 0. The zero-order valence-corrected chi connectivity index (χ0v) is 9.00. The van der Waals surface area contributed by atoms with E-state index in [0.717, 1.165) is 19.5 Å². The molecular formula is C12H20N2. The van der Waals surface area contributed by atoms with Gasteiger partial charge in [-0.25, -0.2) is 0 Å². The Morgan fingerprint density at radius 2 is 1.93 bits per heavy atom. The highest BCUT2D eigenvalue weighted by atomic mass is 14.8. The van der Waals surface area contributed by atoms with E-state index in [1.54, 1.807) is 0 Å². The lowest BCUT2D eigenvalue weighted by molar-refractivity contribution is 0.616. The second-order valence-corrected chi connectivity index (χ2v) is 3.56. The number of nitrogens with zero attached hydrogens (tertiary/aromatic N) is 1. The highest BCUT2D eigenvalue weighted by Gasteiger charge is 1.91. The summed E-state index contributed by atoms with van der Waals surface area (Å²) in [5.41, 5.74) is 1.36. The Morgan fingerprint density at radius 3 is 2.64 bits per heavy atom. The van der Waals surface area contributed by atoms with Crippen molar-refractivity contribution in [2.24, 2.45) is 0 Å². The monoisotopic (exact) mass is 192 g/mol. The molecule has 1 heterocycles. The largest absolute Gasteiger partial charge is 0.316 e. The number of unbranched alkanes of at least 4 members (excludes halogenated alkanes) is 2. The van der Waals surface area contributed by atoms with E-state index in [1.807, 2.05) is 12.4 Å². The van der Waals surface area contributed by atoms with Gasteiger partial charge in [-0.1, -0.05) is 19.8 Å². The van der Waals surface area contributed by atoms with Crippen LogP contribution in [0.15, 0.2) is 24.5 Å². The van der Waals surface area contributed by atoms with Crippen LogP contribution >= 0.6 is 0 Å². The molecule has 0 unspecified atom stereocenters. The molecule has 0 aliphatic heterocycles. The van der Waals surface area contributed by atoms with Crippen molar-refractivity contribution in [3.8, 4) is 0 Å². The third-order valence-corrected chi connectivity index (χ3v) is 2.30. The van der Waals surface area contributed by atoms with Gasteiger partial charge in [0.05, 0.1) is 0 Å². The van der Waals surface area contributed by atoms with E-state index in [4.69, 9.17) is 0 Å². The maximum atomic E-state index is 3.99. The molecule has 0 fully saturated rings. The van der Waals surface area contributed by atoms with Gasteiger partial charge in [0.2, 0.25) is 0 Å². The summed E-state index contributed by atoms with van der Waals surface area (Å²) < 4.78 is 0. The molecule has 1 aromatic rings. The number of aromatic nitrogens is 1. The van der Waals surface area contributed by atoms with Crippen molar-refractivity contribution in [1.29, 1.82) is 0 Å². The molecule has 1 N–H and O–H groups in total. The van der Waals surface area contributed by atoms with Crippen LogP contribution in [-0.2, 0) is 6.42 Å². The Bertz CT molecular complexity index is 221. The normalized spacial score (nSPS) is 10.4. The first-order valence-corrected chi connectivity index (χ1v) is 5.53. The maximum Gasteiger partial charge on any atom is 0.0270 e. The quantitative estimate of drug-likeness (QED) is 0.671. The average Bonchev–Trinajstić information content (AvgIpc) is 2.25. The van der Waals surface area contributed by atoms with Crippen molar-refractivity contribution < 1.29 is 0 Å². The molecule has 0 aromatic carbocycles. The van der Waals surface area contributed by atoms with Crippen LogP contribution in [0, 0.1) is 0 Å². The van der Waals surface area contributed by atoms with Gasteiger partial charge in [0.15, 0.2) is 0 Å². The van der Waals surface area contributed by atoms with E-state index in [0.29, 0.717) is 0 Å². The van der Waals surface area contributed by atoms with Crippen LogP contribution in [0.4, 0.5) is 0 Å². The van der Waals surface area contributed by atoms with Crippen LogP contribution in [0.5, 0.6) is 0 Å². The van der Waals surface area contributed by atoms with Gasteiger partial charge < -0.3 is 5.32 Å². The highest BCUT2D eigenvalue weighted by molar-refractivity contribution is 5.09. The first kappa shape index (κ1) is 11.2. The summed E-state index contributed by atoms with van der Waals surface area (Å²) in [6, 6.07) is 4.15. The molecule has 1 rings (SSSR count). The molecule has 0 atom stereocenters. The Labute approximate surface area is 86.8 Å². The summed E-state index contributed by atoms with van der Waals surface area (Å²) >= 11 is 0. The molecule has 0 bridgehead atoms. The Balaban J connectivity index is 1.99. The summed E-state index contributed by atoms with van der Waals surface area (Å²) in [5, 5.41) is 3.45. The van der Waals surface area contributed by atoms with Crippen LogP contribution in [0.1, 0.15) is 31.7 Å². The van der Waals surface area contributed by atoms with Gasteiger partial charge >= 0.3 is 0 Å². The molecule has 2 nitrogen and oxygen atoms in total. The van der Waals surface area contributed by atoms with Gasteiger partial charge in [-0.2, -0.15) is 0 Å². The van der Waals surface area contributed by atoms with E-state index >= 15 is 0 Å². The van der Waals surface area contributed by atoms with Crippen molar-refractivity contribution in [3.05, 3.63) is 30.1 Å². The second-order valence-electron chi connectivity index (χ2n) is 3.56. The minimum Gasteiger partial charge on any atom is -0.316 e. The van der Waals surface area contributed by atoms with Crippen molar-refractivity contribution in [3.63, 3.8) is 0 Å². The summed E-state index contributed by atoms with van der Waals surface area (Å²) in [6.07, 6.45) is 8.74. The first-order chi connectivity index (χ1) is 6.93. The molecule has 0 saturated carbocycles. The highest BCUT2D eigenvalue weighted by Crippen LogP contribution is 1.96. The molecule has 0 saturated heterocycles. The molecule has 1 aromatic heterocycles. The van der Waals surface area contributed by atoms with E-state index in [1.165, 1.54) is 24.8 Å².